The number of nitrogens with zero attached hydrogens (tertiary/aromatic N) is 2. The molecule has 0 saturated carbocycles. The number of halogens is 1. The van der Waals surface area contributed by atoms with E-state index in [1.54, 1.807) is 42.9 Å². The molecule has 2 aromatic heterocycles. The standard InChI is InChI=1S/C19H22N4O2S.ClH/c1-15(13-20-11-8-18-4-2-3-9-22-18)23-26(24,25)19-6-5-17-14-21-10-7-16(17)12-19;/h2-7,9-10,12,14-15,20,23H,8,11,13H2,1H3;1H/t15-;/m1./s1. The molecule has 6 nitrogen and oxygen atoms in total. The van der Waals surface area contributed by atoms with Crippen LogP contribution < -0.4 is 10.0 Å². The summed E-state index contributed by atoms with van der Waals surface area (Å²) in [6.07, 6.45) is 5.94. The maximum atomic E-state index is 12.6. The zero-order valence-electron chi connectivity index (χ0n) is 15.0. The van der Waals surface area contributed by atoms with E-state index in [1.807, 2.05) is 25.1 Å². The van der Waals surface area contributed by atoms with Crippen LogP contribution in [0.15, 0.2) is 66.0 Å². The van der Waals surface area contributed by atoms with Crippen LogP contribution in [0, 0.1) is 0 Å². The molecule has 0 radical (unpaired) electrons. The molecular formula is C19H23ClN4O2S. The van der Waals surface area contributed by atoms with E-state index in [0.717, 1.165) is 29.4 Å². The molecule has 3 rings (SSSR count). The molecule has 0 saturated heterocycles. The third-order valence-corrected chi connectivity index (χ3v) is 5.60. The molecule has 8 heteroatoms. The Balaban J connectivity index is 0.00000261. The van der Waals surface area contributed by atoms with Crippen LogP contribution in [0.4, 0.5) is 0 Å². The van der Waals surface area contributed by atoms with E-state index in [4.69, 9.17) is 0 Å². The molecule has 0 spiro atoms. The molecule has 0 fully saturated rings. The number of hydrogen-bond donors (Lipinski definition) is 2. The van der Waals surface area contributed by atoms with Crippen LogP contribution in [-0.4, -0.2) is 37.5 Å². The lowest BCUT2D eigenvalue weighted by molar-refractivity contribution is 0.537. The number of pyridine rings is 2. The molecule has 27 heavy (non-hydrogen) atoms. The molecular weight excluding hydrogens is 384 g/mol. The third-order valence-electron chi connectivity index (χ3n) is 4.01. The minimum atomic E-state index is -3.56. The Bertz CT molecular complexity index is 968. The predicted octanol–water partition coefficient (Wildman–Crippen LogP) is 2.55. The first-order valence-corrected chi connectivity index (χ1v) is 10.00. The average molecular weight is 407 g/mol. The van der Waals surface area contributed by atoms with Gasteiger partial charge in [0.1, 0.15) is 0 Å². The fourth-order valence-corrected chi connectivity index (χ4v) is 3.96. The largest absolute Gasteiger partial charge is 0.315 e. The Morgan fingerprint density at radius 3 is 2.70 bits per heavy atom. The highest BCUT2D eigenvalue weighted by atomic mass is 35.5. The zero-order valence-corrected chi connectivity index (χ0v) is 16.6. The number of fused-ring (bicyclic) bond motifs is 1. The summed E-state index contributed by atoms with van der Waals surface area (Å²) in [6.45, 7) is 3.13. The zero-order chi connectivity index (χ0) is 18.4. The Kier molecular flexibility index (Phi) is 7.67. The van der Waals surface area contributed by atoms with Gasteiger partial charge in [0.2, 0.25) is 10.0 Å². The molecule has 0 aliphatic heterocycles. The topological polar surface area (TPSA) is 84.0 Å². The van der Waals surface area contributed by atoms with Crippen LogP contribution in [0.5, 0.6) is 0 Å². The van der Waals surface area contributed by atoms with Crippen molar-refractivity contribution in [1.29, 1.82) is 0 Å². The summed E-state index contributed by atoms with van der Waals surface area (Å²) in [6, 6.07) is 12.4. The molecule has 1 atom stereocenters. The second kappa shape index (κ2) is 9.75. The van der Waals surface area contributed by atoms with Gasteiger partial charge in [0, 0.05) is 55.2 Å². The summed E-state index contributed by atoms with van der Waals surface area (Å²) in [5.41, 5.74) is 1.01. The first kappa shape index (κ1) is 21.2. The maximum absolute atomic E-state index is 12.6. The average Bonchev–Trinajstić information content (AvgIpc) is 2.65. The van der Waals surface area contributed by atoms with Gasteiger partial charge in [-0.1, -0.05) is 12.1 Å². The van der Waals surface area contributed by atoms with Crippen molar-refractivity contribution < 1.29 is 8.42 Å². The van der Waals surface area contributed by atoms with E-state index in [2.05, 4.69) is 20.0 Å². The third kappa shape index (κ3) is 5.97. The molecule has 0 aliphatic rings. The number of hydrogen-bond acceptors (Lipinski definition) is 5. The van der Waals surface area contributed by atoms with Gasteiger partial charge in [-0.15, -0.1) is 12.4 Å². The van der Waals surface area contributed by atoms with E-state index in [1.165, 1.54) is 0 Å². The number of benzene rings is 1. The summed E-state index contributed by atoms with van der Waals surface area (Å²) in [5.74, 6) is 0. The first-order chi connectivity index (χ1) is 12.5. The van der Waals surface area contributed by atoms with E-state index >= 15 is 0 Å². The first-order valence-electron chi connectivity index (χ1n) is 8.51. The van der Waals surface area contributed by atoms with Gasteiger partial charge in [-0.3, -0.25) is 9.97 Å². The van der Waals surface area contributed by atoms with Crippen LogP contribution in [0.1, 0.15) is 12.6 Å². The molecule has 0 aliphatic carbocycles. The van der Waals surface area contributed by atoms with Crippen LogP contribution in [0.2, 0.25) is 0 Å². The highest BCUT2D eigenvalue weighted by Crippen LogP contribution is 2.18. The molecule has 0 unspecified atom stereocenters. The smallest absolute Gasteiger partial charge is 0.240 e. The van der Waals surface area contributed by atoms with Gasteiger partial charge >= 0.3 is 0 Å². The second-order valence-electron chi connectivity index (χ2n) is 6.18. The Labute approximate surface area is 165 Å². The highest BCUT2D eigenvalue weighted by molar-refractivity contribution is 7.89. The Morgan fingerprint density at radius 1 is 1.07 bits per heavy atom. The van der Waals surface area contributed by atoms with E-state index < -0.39 is 10.0 Å². The van der Waals surface area contributed by atoms with E-state index in [9.17, 15) is 8.42 Å². The molecule has 0 amide bonds. The summed E-state index contributed by atoms with van der Waals surface area (Å²) in [7, 11) is -3.56. The monoisotopic (exact) mass is 406 g/mol. The van der Waals surface area contributed by atoms with Gasteiger partial charge in [-0.2, -0.15) is 0 Å². The highest BCUT2D eigenvalue weighted by Gasteiger charge is 2.17. The van der Waals surface area contributed by atoms with Crippen LogP contribution in [0.25, 0.3) is 10.8 Å². The molecule has 2 heterocycles. The quantitative estimate of drug-likeness (QED) is 0.561. The van der Waals surface area contributed by atoms with Crippen LogP contribution in [0.3, 0.4) is 0 Å². The number of rotatable bonds is 8. The van der Waals surface area contributed by atoms with Crippen molar-refractivity contribution >= 4 is 33.2 Å². The lowest BCUT2D eigenvalue weighted by atomic mass is 10.2. The second-order valence-corrected chi connectivity index (χ2v) is 7.90. The number of aromatic nitrogens is 2. The molecule has 2 N–H and O–H groups in total. The molecule has 144 valence electrons. The fourth-order valence-electron chi connectivity index (χ4n) is 2.68. The minimum Gasteiger partial charge on any atom is -0.315 e. The van der Waals surface area contributed by atoms with Crippen molar-refractivity contribution in [2.45, 2.75) is 24.3 Å². The molecule has 0 bridgehead atoms. The van der Waals surface area contributed by atoms with Crippen molar-refractivity contribution in [3.05, 3.63) is 66.7 Å². The Hall–Kier alpha value is -2.06. The molecule has 3 aromatic rings. The fraction of sp³-hybridized carbons (Fsp3) is 0.263. The van der Waals surface area contributed by atoms with Gasteiger partial charge in [0.05, 0.1) is 4.90 Å². The van der Waals surface area contributed by atoms with Crippen LogP contribution >= 0.6 is 12.4 Å². The van der Waals surface area contributed by atoms with Gasteiger partial charge in [-0.25, -0.2) is 13.1 Å². The van der Waals surface area contributed by atoms with Gasteiger partial charge in [0.15, 0.2) is 0 Å². The number of sulfonamides is 1. The minimum absolute atomic E-state index is 0. The summed E-state index contributed by atoms with van der Waals surface area (Å²) in [4.78, 5) is 8.56. The van der Waals surface area contributed by atoms with Crippen molar-refractivity contribution in [3.8, 4) is 0 Å². The van der Waals surface area contributed by atoms with E-state index in [0.29, 0.717) is 6.54 Å². The summed E-state index contributed by atoms with van der Waals surface area (Å²) >= 11 is 0. The molecule has 1 aromatic carbocycles. The summed E-state index contributed by atoms with van der Waals surface area (Å²) in [5, 5.41) is 5.03. The van der Waals surface area contributed by atoms with Gasteiger partial charge in [0.25, 0.3) is 0 Å². The lowest BCUT2D eigenvalue weighted by Gasteiger charge is -2.15. The van der Waals surface area contributed by atoms with Crippen molar-refractivity contribution in [2.24, 2.45) is 0 Å². The SMILES string of the molecule is C[C@H](CNCCc1ccccn1)NS(=O)(=O)c1ccc2cnccc2c1.Cl. The summed E-state index contributed by atoms with van der Waals surface area (Å²) < 4.78 is 27.9. The lowest BCUT2D eigenvalue weighted by Crippen LogP contribution is -2.40. The maximum Gasteiger partial charge on any atom is 0.240 e. The van der Waals surface area contributed by atoms with Crippen molar-refractivity contribution in [3.63, 3.8) is 0 Å². The van der Waals surface area contributed by atoms with Crippen molar-refractivity contribution in [1.82, 2.24) is 20.0 Å². The number of nitrogens with one attached hydrogen (secondary N) is 2. The predicted molar refractivity (Wildman–Crippen MR) is 110 cm³/mol. The Morgan fingerprint density at radius 2 is 1.93 bits per heavy atom. The normalized spacial score (nSPS) is 12.5. The van der Waals surface area contributed by atoms with Crippen LogP contribution in [-0.2, 0) is 16.4 Å². The van der Waals surface area contributed by atoms with Crippen molar-refractivity contribution in [2.75, 3.05) is 13.1 Å². The van der Waals surface area contributed by atoms with E-state index in [-0.39, 0.29) is 23.3 Å². The van der Waals surface area contributed by atoms with Gasteiger partial charge in [-0.05, 0) is 42.6 Å². The van der Waals surface area contributed by atoms with Gasteiger partial charge < -0.3 is 5.32 Å².